The number of ketones is 2. The number of aryl methyl sites for hydroxylation is 1. The van der Waals surface area contributed by atoms with E-state index in [0.29, 0.717) is 42.2 Å². The third kappa shape index (κ3) is 6.23. The molecule has 0 aromatic heterocycles. The van der Waals surface area contributed by atoms with Crippen molar-refractivity contribution in [1.82, 2.24) is 0 Å². The molecule has 3 heteroatoms. The van der Waals surface area contributed by atoms with E-state index in [-0.39, 0.29) is 11.3 Å². The highest BCUT2D eigenvalue weighted by atomic mass is 16.3. The first-order chi connectivity index (χ1) is 17.9. The normalized spacial score (nSPS) is 30.4. The fourth-order valence-corrected chi connectivity index (χ4v) is 8.44. The quantitative estimate of drug-likeness (QED) is 0.202. The maximum atomic E-state index is 13.3. The van der Waals surface area contributed by atoms with Crippen molar-refractivity contribution in [3.05, 3.63) is 34.9 Å². The predicted molar refractivity (Wildman–Crippen MR) is 152 cm³/mol. The van der Waals surface area contributed by atoms with E-state index in [4.69, 9.17) is 0 Å². The minimum atomic E-state index is -0.476. The Kier molecular flexibility index (Phi) is 10.1. The summed E-state index contributed by atoms with van der Waals surface area (Å²) in [6.45, 7) is 6.76. The number of carbonyl (C=O) groups excluding carboxylic acids is 2. The molecule has 4 rings (SSSR count). The molecule has 1 N–H and O–H groups in total. The van der Waals surface area contributed by atoms with Crippen LogP contribution >= 0.6 is 0 Å². The summed E-state index contributed by atoms with van der Waals surface area (Å²) in [5.41, 5.74) is 3.65. The van der Waals surface area contributed by atoms with Crippen LogP contribution in [0.25, 0.3) is 0 Å². The molecular formula is C34H52O3. The number of hydrogen-bond donors (Lipinski definition) is 1. The van der Waals surface area contributed by atoms with Gasteiger partial charge in [-0.1, -0.05) is 84.3 Å². The Labute approximate surface area is 226 Å². The average Bonchev–Trinajstić information content (AvgIpc) is 3.17. The molecule has 206 valence electrons. The lowest BCUT2D eigenvalue weighted by molar-refractivity contribution is -0.131. The van der Waals surface area contributed by atoms with Crippen LogP contribution in [0.15, 0.2) is 18.2 Å². The smallest absolute Gasteiger partial charge is 0.162 e. The maximum absolute atomic E-state index is 13.3. The topological polar surface area (TPSA) is 54.4 Å². The summed E-state index contributed by atoms with van der Waals surface area (Å²) < 4.78 is 0. The van der Waals surface area contributed by atoms with Gasteiger partial charge < -0.3 is 5.11 Å². The van der Waals surface area contributed by atoms with Gasteiger partial charge in [-0.25, -0.2) is 0 Å². The van der Waals surface area contributed by atoms with E-state index in [1.165, 1.54) is 49.7 Å². The van der Waals surface area contributed by atoms with Gasteiger partial charge in [0.15, 0.2) is 5.78 Å². The van der Waals surface area contributed by atoms with Crippen molar-refractivity contribution in [2.24, 2.45) is 23.2 Å². The molecule has 0 saturated heterocycles. The highest BCUT2D eigenvalue weighted by Crippen LogP contribution is 2.63. The molecule has 0 spiro atoms. The van der Waals surface area contributed by atoms with E-state index in [2.05, 4.69) is 39.0 Å². The minimum Gasteiger partial charge on any atom is -0.392 e. The largest absolute Gasteiger partial charge is 0.392 e. The third-order valence-electron chi connectivity index (χ3n) is 10.5. The first-order valence-electron chi connectivity index (χ1n) is 15.8. The summed E-state index contributed by atoms with van der Waals surface area (Å²) in [7, 11) is 0. The fourth-order valence-electron chi connectivity index (χ4n) is 8.44. The molecule has 0 heterocycles. The molecule has 0 aliphatic heterocycles. The van der Waals surface area contributed by atoms with E-state index in [9.17, 15) is 14.7 Å². The Balaban J connectivity index is 1.39. The highest BCUT2D eigenvalue weighted by Gasteiger charge is 2.59. The molecule has 1 aromatic rings. The van der Waals surface area contributed by atoms with Gasteiger partial charge in [-0.3, -0.25) is 9.59 Å². The van der Waals surface area contributed by atoms with Crippen LogP contribution in [0.1, 0.15) is 151 Å². The minimum absolute atomic E-state index is 0.0632. The van der Waals surface area contributed by atoms with E-state index in [0.717, 1.165) is 63.4 Å². The van der Waals surface area contributed by atoms with Crippen molar-refractivity contribution >= 4 is 11.6 Å². The predicted octanol–water partition coefficient (Wildman–Crippen LogP) is 8.60. The molecule has 0 bridgehead atoms. The molecule has 0 amide bonds. The van der Waals surface area contributed by atoms with Crippen LogP contribution in [0.3, 0.4) is 0 Å². The number of fused-ring (bicyclic) bond motifs is 5. The molecule has 3 aliphatic carbocycles. The second-order valence-corrected chi connectivity index (χ2v) is 12.9. The lowest BCUT2D eigenvalue weighted by Crippen LogP contribution is -2.44. The van der Waals surface area contributed by atoms with Gasteiger partial charge in [0, 0.05) is 24.3 Å². The SMILES string of the molecule is CCCCCCCC(=O)c1ccc2c(c1)CC[C@@H]1[C@@H]2CC[C@@]2(C)[C@H]1C[C@@H](O)[C@@H]2C(=O)CCCCCCC. The average molecular weight is 509 g/mol. The summed E-state index contributed by atoms with van der Waals surface area (Å²) in [6, 6.07) is 6.53. The number of aliphatic hydroxyl groups excluding tert-OH is 1. The van der Waals surface area contributed by atoms with Crippen LogP contribution in [0.4, 0.5) is 0 Å². The van der Waals surface area contributed by atoms with Crippen molar-refractivity contribution in [3.63, 3.8) is 0 Å². The monoisotopic (exact) mass is 508 g/mol. The zero-order chi connectivity index (χ0) is 26.4. The second-order valence-electron chi connectivity index (χ2n) is 12.9. The molecule has 37 heavy (non-hydrogen) atoms. The Morgan fingerprint density at radius 1 is 0.919 bits per heavy atom. The van der Waals surface area contributed by atoms with Gasteiger partial charge in [0.1, 0.15) is 5.78 Å². The Morgan fingerprint density at radius 2 is 1.59 bits per heavy atom. The van der Waals surface area contributed by atoms with Crippen LogP contribution in [-0.4, -0.2) is 22.8 Å². The van der Waals surface area contributed by atoms with Gasteiger partial charge in [0.25, 0.3) is 0 Å². The number of unbranched alkanes of at least 4 members (excludes halogenated alkanes) is 8. The van der Waals surface area contributed by atoms with Gasteiger partial charge in [0.05, 0.1) is 6.10 Å². The van der Waals surface area contributed by atoms with Crippen molar-refractivity contribution in [2.75, 3.05) is 0 Å². The first kappa shape index (κ1) is 28.5. The molecule has 1 aromatic carbocycles. The third-order valence-corrected chi connectivity index (χ3v) is 10.5. The van der Waals surface area contributed by atoms with Crippen LogP contribution in [0.5, 0.6) is 0 Å². The van der Waals surface area contributed by atoms with Crippen LogP contribution in [-0.2, 0) is 11.2 Å². The molecule has 2 saturated carbocycles. The second kappa shape index (κ2) is 13.0. The number of carbonyl (C=O) groups is 2. The Morgan fingerprint density at radius 3 is 2.30 bits per heavy atom. The lowest BCUT2D eigenvalue weighted by atomic mass is 9.53. The standard InChI is InChI=1S/C34H52O3/c1-4-6-8-10-12-14-30(35)25-17-18-26-24(22-25)16-19-28-27(26)20-21-34(3)29(28)23-32(37)33(34)31(36)15-13-11-9-7-5-2/h17-18,22,27-29,32-33,37H,4-16,19-21,23H2,1-3H3/t27-,28-,29+,32-,33+,34+/m1/s1. The lowest BCUT2D eigenvalue weighted by Gasteiger charge is -2.50. The number of Topliss-reactive ketones (excluding diaryl/α,β-unsaturated/α-hetero) is 2. The van der Waals surface area contributed by atoms with Crippen molar-refractivity contribution in [3.8, 4) is 0 Å². The maximum Gasteiger partial charge on any atom is 0.162 e. The van der Waals surface area contributed by atoms with Gasteiger partial charge in [-0.05, 0) is 85.3 Å². The van der Waals surface area contributed by atoms with E-state index in [1.807, 2.05) is 0 Å². The highest BCUT2D eigenvalue weighted by molar-refractivity contribution is 5.96. The molecule has 0 radical (unpaired) electrons. The van der Waals surface area contributed by atoms with Gasteiger partial charge >= 0.3 is 0 Å². The molecule has 0 unspecified atom stereocenters. The molecular weight excluding hydrogens is 456 g/mol. The summed E-state index contributed by atoms with van der Waals surface area (Å²) in [5.74, 6) is 1.92. The number of hydrogen-bond acceptors (Lipinski definition) is 3. The first-order valence-corrected chi connectivity index (χ1v) is 15.8. The van der Waals surface area contributed by atoms with Crippen molar-refractivity contribution in [1.29, 1.82) is 0 Å². The van der Waals surface area contributed by atoms with Crippen LogP contribution in [0.2, 0.25) is 0 Å². The summed E-state index contributed by atoms with van der Waals surface area (Å²) in [5, 5.41) is 11.1. The summed E-state index contributed by atoms with van der Waals surface area (Å²) in [4.78, 5) is 26.2. The zero-order valence-electron chi connectivity index (χ0n) is 23.9. The van der Waals surface area contributed by atoms with Gasteiger partial charge in [-0.15, -0.1) is 0 Å². The van der Waals surface area contributed by atoms with Crippen LogP contribution in [0, 0.1) is 23.2 Å². The van der Waals surface area contributed by atoms with Gasteiger partial charge in [-0.2, -0.15) is 0 Å². The molecule has 3 nitrogen and oxygen atoms in total. The van der Waals surface area contributed by atoms with Crippen molar-refractivity contribution in [2.45, 2.75) is 142 Å². The van der Waals surface area contributed by atoms with Crippen molar-refractivity contribution < 1.29 is 14.7 Å². The zero-order valence-corrected chi connectivity index (χ0v) is 23.9. The van der Waals surface area contributed by atoms with E-state index < -0.39 is 6.10 Å². The Bertz CT molecular complexity index is 920. The van der Waals surface area contributed by atoms with Gasteiger partial charge in [0.2, 0.25) is 0 Å². The number of benzene rings is 1. The number of rotatable bonds is 14. The Hall–Kier alpha value is -1.48. The number of aliphatic hydroxyl groups is 1. The fraction of sp³-hybridized carbons (Fsp3) is 0.765. The molecule has 3 aliphatic rings. The van der Waals surface area contributed by atoms with Crippen LogP contribution < -0.4 is 0 Å². The molecule has 2 fully saturated rings. The van der Waals surface area contributed by atoms with E-state index in [1.54, 1.807) is 0 Å². The summed E-state index contributed by atoms with van der Waals surface area (Å²) in [6.07, 6.45) is 17.6. The molecule has 6 atom stereocenters. The summed E-state index contributed by atoms with van der Waals surface area (Å²) >= 11 is 0. The van der Waals surface area contributed by atoms with E-state index >= 15 is 0 Å².